The van der Waals surface area contributed by atoms with Crippen molar-refractivity contribution in [2.24, 2.45) is 5.92 Å². The first-order valence-electron chi connectivity index (χ1n) is 8.37. The zero-order valence-electron chi connectivity index (χ0n) is 14.1. The van der Waals surface area contributed by atoms with E-state index in [1.165, 1.54) is 6.92 Å². The molecule has 0 aromatic carbocycles. The average Bonchev–Trinajstić information content (AvgIpc) is 2.86. The summed E-state index contributed by atoms with van der Waals surface area (Å²) >= 11 is 0. The summed E-state index contributed by atoms with van der Waals surface area (Å²) in [5.41, 5.74) is -3.15. The Balaban J connectivity index is 1.85. The topological polar surface area (TPSA) is 166 Å². The molecule has 1 saturated heterocycles. The van der Waals surface area contributed by atoms with Crippen LogP contribution in [-0.2, 0) is 19.0 Å². The quantitative estimate of drug-likeness (QED) is 0.281. The van der Waals surface area contributed by atoms with E-state index >= 15 is 0 Å². The molecule has 0 unspecified atom stereocenters. The number of carbonyl (C=O) groups excluding carboxylic acids is 1. The third-order valence-electron chi connectivity index (χ3n) is 5.54. The highest BCUT2D eigenvalue weighted by molar-refractivity contribution is 5.76. The number of ether oxygens (including phenoxy) is 3. The number of rotatable bonds is 4. The van der Waals surface area contributed by atoms with Crippen molar-refractivity contribution >= 4 is 6.29 Å². The minimum atomic E-state index is -1.68. The van der Waals surface area contributed by atoms with Crippen molar-refractivity contribution in [2.75, 3.05) is 6.61 Å². The van der Waals surface area contributed by atoms with E-state index in [2.05, 4.69) is 0 Å². The number of fused-ring (bicyclic) bond motifs is 1. The van der Waals surface area contributed by atoms with Crippen molar-refractivity contribution in [3.8, 4) is 0 Å². The molecule has 2 aliphatic heterocycles. The largest absolute Gasteiger partial charge is 0.471 e. The Morgan fingerprint density at radius 3 is 2.50 bits per heavy atom. The van der Waals surface area contributed by atoms with Gasteiger partial charge in [0.05, 0.1) is 30.0 Å². The molecule has 0 bridgehead atoms. The van der Waals surface area contributed by atoms with Gasteiger partial charge in [-0.2, -0.15) is 0 Å². The summed E-state index contributed by atoms with van der Waals surface area (Å²) in [6.07, 6.45) is -7.07. The van der Waals surface area contributed by atoms with Gasteiger partial charge in [-0.05, 0) is 19.8 Å². The molecular formula is C16H24O10. The van der Waals surface area contributed by atoms with Crippen LogP contribution < -0.4 is 0 Å². The highest BCUT2D eigenvalue weighted by Gasteiger charge is 2.62. The van der Waals surface area contributed by atoms with Crippen molar-refractivity contribution in [1.82, 2.24) is 0 Å². The molecule has 0 spiro atoms. The predicted octanol–water partition coefficient (Wildman–Crippen LogP) is -2.87. The summed E-state index contributed by atoms with van der Waals surface area (Å²) < 4.78 is 16.2. The summed E-state index contributed by atoms with van der Waals surface area (Å²) in [6, 6.07) is 0. The van der Waals surface area contributed by atoms with E-state index in [1.54, 1.807) is 0 Å². The summed E-state index contributed by atoms with van der Waals surface area (Å²) in [5, 5.41) is 60.5. The van der Waals surface area contributed by atoms with E-state index in [4.69, 9.17) is 14.2 Å². The first-order valence-corrected chi connectivity index (χ1v) is 8.37. The van der Waals surface area contributed by atoms with Crippen LogP contribution in [0.25, 0.3) is 0 Å². The van der Waals surface area contributed by atoms with Crippen LogP contribution >= 0.6 is 0 Å². The normalized spacial score (nSPS) is 51.3. The molecule has 0 aromatic rings. The number of hydrogen-bond acceptors (Lipinski definition) is 10. The molecule has 148 valence electrons. The fourth-order valence-corrected chi connectivity index (χ4v) is 3.98. The maximum atomic E-state index is 11.2. The van der Waals surface area contributed by atoms with Crippen LogP contribution in [-0.4, -0.2) is 91.7 Å². The highest BCUT2D eigenvalue weighted by Crippen LogP contribution is 2.51. The Hall–Kier alpha value is -1.11. The fraction of sp³-hybridized carbons (Fsp3) is 0.812. The maximum Gasteiger partial charge on any atom is 0.210 e. The molecule has 2 heterocycles. The van der Waals surface area contributed by atoms with Gasteiger partial charge in [-0.25, -0.2) is 0 Å². The van der Waals surface area contributed by atoms with E-state index in [0.717, 1.165) is 6.26 Å². The molecule has 0 amide bonds. The van der Waals surface area contributed by atoms with Gasteiger partial charge >= 0.3 is 0 Å². The summed E-state index contributed by atoms with van der Waals surface area (Å²) in [7, 11) is 0. The van der Waals surface area contributed by atoms with Crippen molar-refractivity contribution in [2.45, 2.75) is 68.0 Å². The predicted molar refractivity (Wildman–Crippen MR) is 82.2 cm³/mol. The van der Waals surface area contributed by atoms with Gasteiger partial charge in [-0.15, -0.1) is 0 Å². The van der Waals surface area contributed by atoms with Gasteiger partial charge in [0, 0.05) is 0 Å². The van der Waals surface area contributed by atoms with Crippen LogP contribution in [0.1, 0.15) is 19.8 Å². The van der Waals surface area contributed by atoms with Crippen molar-refractivity contribution < 1.29 is 49.6 Å². The molecule has 3 aliphatic rings. The fourth-order valence-electron chi connectivity index (χ4n) is 3.98. The molecule has 10 nitrogen and oxygen atoms in total. The second-order valence-electron chi connectivity index (χ2n) is 7.29. The van der Waals surface area contributed by atoms with Crippen LogP contribution in [0.4, 0.5) is 0 Å². The van der Waals surface area contributed by atoms with Crippen LogP contribution in [0, 0.1) is 5.92 Å². The van der Waals surface area contributed by atoms with E-state index in [0.29, 0.717) is 6.29 Å². The van der Waals surface area contributed by atoms with Crippen molar-refractivity contribution in [3.05, 3.63) is 11.8 Å². The van der Waals surface area contributed by atoms with Gasteiger partial charge in [0.1, 0.15) is 30.0 Å². The van der Waals surface area contributed by atoms with Crippen molar-refractivity contribution in [1.29, 1.82) is 0 Å². The minimum Gasteiger partial charge on any atom is -0.471 e. The molecule has 9 atom stereocenters. The maximum absolute atomic E-state index is 11.2. The number of carbonyl (C=O) groups is 1. The standard InChI is InChI=1S/C16H24O10/c1-15(22)2-3-16(23)7(4-17)6-24-14(12(15)16)26-13-11(21)10(20)9(19)8(5-18)25-13/h4,6,8-14,18-23H,2-3,5H2,1H3/t8-,9-,10+,11-,12+,13+,14+,15+,16+/m1/s1. The van der Waals surface area contributed by atoms with E-state index < -0.39 is 60.7 Å². The van der Waals surface area contributed by atoms with Gasteiger partial charge in [0.2, 0.25) is 6.29 Å². The van der Waals surface area contributed by atoms with Gasteiger partial charge in [-0.3, -0.25) is 4.79 Å². The lowest BCUT2D eigenvalue weighted by molar-refractivity contribution is -0.351. The number of hydrogen-bond donors (Lipinski definition) is 6. The first kappa shape index (κ1) is 19.6. The molecule has 26 heavy (non-hydrogen) atoms. The van der Waals surface area contributed by atoms with Crippen LogP contribution in [0.3, 0.4) is 0 Å². The Morgan fingerprint density at radius 1 is 1.19 bits per heavy atom. The third kappa shape index (κ3) is 2.96. The van der Waals surface area contributed by atoms with E-state index in [9.17, 15) is 35.4 Å². The molecule has 10 heteroatoms. The minimum absolute atomic E-state index is 0.0334. The third-order valence-corrected chi connectivity index (χ3v) is 5.54. The van der Waals surface area contributed by atoms with Gasteiger partial charge in [0.15, 0.2) is 12.6 Å². The first-order chi connectivity index (χ1) is 12.2. The SMILES string of the molecule is C[C@]1(O)CC[C@]2(O)C(C=O)=CO[C@@H](O[C@@H]3O[C@H](CO)[C@@H](O)[C@H](O)[C@H]3O)[C@@H]12. The summed E-state index contributed by atoms with van der Waals surface area (Å²) in [5.74, 6) is -1.06. The molecule has 0 aromatic heterocycles. The van der Waals surface area contributed by atoms with Gasteiger partial charge in [-0.1, -0.05) is 0 Å². The van der Waals surface area contributed by atoms with Crippen LogP contribution in [0.15, 0.2) is 11.8 Å². The zero-order valence-corrected chi connectivity index (χ0v) is 14.1. The average molecular weight is 376 g/mol. The van der Waals surface area contributed by atoms with Gasteiger partial charge in [0.25, 0.3) is 0 Å². The second kappa shape index (κ2) is 6.80. The lowest BCUT2D eigenvalue weighted by Gasteiger charge is -2.46. The molecule has 0 radical (unpaired) electrons. The zero-order chi connectivity index (χ0) is 19.3. The number of aliphatic hydroxyl groups excluding tert-OH is 4. The van der Waals surface area contributed by atoms with E-state index in [1.807, 2.05) is 0 Å². The molecule has 2 fully saturated rings. The molecule has 6 N–H and O–H groups in total. The summed E-state index contributed by atoms with van der Waals surface area (Å²) in [6.45, 7) is 0.840. The molecular weight excluding hydrogens is 352 g/mol. The molecule has 1 aliphatic carbocycles. The Morgan fingerprint density at radius 2 is 1.88 bits per heavy atom. The summed E-state index contributed by atoms with van der Waals surface area (Å²) in [4.78, 5) is 11.2. The van der Waals surface area contributed by atoms with Crippen molar-refractivity contribution in [3.63, 3.8) is 0 Å². The lowest BCUT2D eigenvalue weighted by Crippen LogP contribution is -2.62. The van der Waals surface area contributed by atoms with E-state index in [-0.39, 0.29) is 18.4 Å². The lowest BCUT2D eigenvalue weighted by atomic mass is 9.78. The smallest absolute Gasteiger partial charge is 0.210 e. The second-order valence-corrected chi connectivity index (χ2v) is 7.29. The molecule has 3 rings (SSSR count). The number of aldehydes is 1. The Labute approximate surface area is 149 Å². The highest BCUT2D eigenvalue weighted by atomic mass is 16.8. The monoisotopic (exact) mass is 376 g/mol. The van der Waals surface area contributed by atoms with Crippen LogP contribution in [0.2, 0.25) is 0 Å². The van der Waals surface area contributed by atoms with Crippen LogP contribution in [0.5, 0.6) is 0 Å². The van der Waals surface area contributed by atoms with Gasteiger partial charge < -0.3 is 44.8 Å². The molecule has 1 saturated carbocycles. The Bertz CT molecular complexity index is 575. The number of aliphatic hydroxyl groups is 6. The Kier molecular flexibility index (Phi) is 5.14.